The van der Waals surface area contributed by atoms with Gasteiger partial charge in [0, 0.05) is 105 Å². The standard InChI is InChI=1S/C49H64N10O6/c1-8-32-25-36-37(49(6,7)44-42(43(36)62)35-16-15-31(27-50)24-39(35)54-44)26-40(32)56-20-22-57(23-21-56)41(61)14-10-9-12-33-29-59(46(51)53-33)18-11-13-38(55-47(64)65-48(3,4)5)45(63)52-34-17-19-58(28-34)30(2)60/h15-16,24-26,29,34,38,54H,8-14,17-23,28H2,1-7H3,(H2,51,53)(H,52,63)(H,55,64)/t34-,38+/m1/s1. The molecular weight excluding hydrogens is 825 g/mol. The number of likely N-dealkylation sites (tertiary alicyclic amines) is 1. The van der Waals surface area contributed by atoms with Crippen molar-refractivity contribution in [3.63, 3.8) is 0 Å². The van der Waals surface area contributed by atoms with Crippen LogP contribution in [0.25, 0.3) is 10.9 Å². The Kier molecular flexibility index (Phi) is 13.6. The monoisotopic (exact) mass is 889 g/mol. The van der Waals surface area contributed by atoms with Crippen molar-refractivity contribution in [3.8, 4) is 6.07 Å². The predicted octanol–water partition coefficient (Wildman–Crippen LogP) is 5.72. The summed E-state index contributed by atoms with van der Waals surface area (Å²) in [5.74, 6) is 0.139. The number of nitrogens with one attached hydrogen (secondary N) is 3. The molecule has 2 atom stereocenters. The summed E-state index contributed by atoms with van der Waals surface area (Å²) in [6.45, 7) is 17.3. The Balaban J connectivity index is 0.886. The third kappa shape index (κ3) is 10.3. The summed E-state index contributed by atoms with van der Waals surface area (Å²) in [5.41, 5.74) is 12.7. The molecule has 0 spiro atoms. The first-order valence-corrected chi connectivity index (χ1v) is 23.0. The number of rotatable bonds is 14. The number of aromatic nitrogens is 3. The minimum absolute atomic E-state index is 0.00116. The molecule has 16 nitrogen and oxygen atoms in total. The van der Waals surface area contributed by atoms with Gasteiger partial charge in [-0.05, 0) is 101 Å². The van der Waals surface area contributed by atoms with Crippen LogP contribution in [0, 0.1) is 11.3 Å². The lowest BCUT2D eigenvalue weighted by Crippen LogP contribution is -2.51. The zero-order chi connectivity index (χ0) is 46.8. The fourth-order valence-electron chi connectivity index (χ4n) is 9.53. The average molecular weight is 889 g/mol. The number of nitrogen functional groups attached to an aromatic ring is 1. The number of alkyl carbamates (subject to hydrolysis) is 1. The third-order valence-corrected chi connectivity index (χ3v) is 13.1. The number of nitrogens with zero attached hydrogens (tertiary/aromatic N) is 6. The van der Waals surface area contributed by atoms with Gasteiger partial charge in [0.2, 0.25) is 17.7 Å². The minimum atomic E-state index is -0.838. The predicted molar refractivity (Wildman–Crippen MR) is 249 cm³/mol. The van der Waals surface area contributed by atoms with Crippen molar-refractivity contribution in [1.29, 1.82) is 5.26 Å². The van der Waals surface area contributed by atoms with Gasteiger partial charge in [-0.1, -0.05) is 26.8 Å². The number of H-pyrrole nitrogens is 1. The van der Waals surface area contributed by atoms with Crippen LogP contribution >= 0.6 is 0 Å². The van der Waals surface area contributed by atoms with Crippen molar-refractivity contribution in [1.82, 2.24) is 35.0 Å². The van der Waals surface area contributed by atoms with E-state index in [1.807, 2.05) is 27.8 Å². The van der Waals surface area contributed by atoms with Crippen LogP contribution in [-0.4, -0.2) is 111 Å². The normalized spacial score (nSPS) is 17.4. The summed E-state index contributed by atoms with van der Waals surface area (Å²) in [5, 5.41) is 16.0. The van der Waals surface area contributed by atoms with E-state index in [4.69, 9.17) is 10.5 Å². The number of carbonyl (C=O) groups is 5. The fraction of sp³-hybridized carbons (Fsp3) is 0.531. The lowest BCUT2D eigenvalue weighted by molar-refractivity contribution is -0.131. The third-order valence-electron chi connectivity index (χ3n) is 13.1. The van der Waals surface area contributed by atoms with Crippen molar-refractivity contribution < 1.29 is 28.7 Å². The van der Waals surface area contributed by atoms with Gasteiger partial charge in [0.15, 0.2) is 11.7 Å². The maximum Gasteiger partial charge on any atom is 0.408 e. The van der Waals surface area contributed by atoms with E-state index in [0.717, 1.165) is 57.5 Å². The number of ketones is 1. The number of hydrogen-bond acceptors (Lipinski definition) is 10. The fourth-order valence-corrected chi connectivity index (χ4v) is 9.53. The number of nitriles is 1. The van der Waals surface area contributed by atoms with E-state index < -0.39 is 23.2 Å². The zero-order valence-electron chi connectivity index (χ0n) is 38.9. The molecule has 346 valence electrons. The lowest BCUT2D eigenvalue weighted by Gasteiger charge is -2.39. The molecule has 0 saturated carbocycles. The van der Waals surface area contributed by atoms with E-state index in [1.165, 1.54) is 6.92 Å². The maximum absolute atomic E-state index is 14.1. The first-order valence-electron chi connectivity index (χ1n) is 23.0. The van der Waals surface area contributed by atoms with Gasteiger partial charge in [-0.3, -0.25) is 19.2 Å². The second kappa shape index (κ2) is 19.0. The van der Waals surface area contributed by atoms with Crippen LogP contribution in [0.3, 0.4) is 0 Å². The molecule has 4 amide bonds. The minimum Gasteiger partial charge on any atom is -0.444 e. The number of unbranched alkanes of at least 4 members (excludes halogenated alkanes) is 1. The Morgan fingerprint density at radius 3 is 2.48 bits per heavy atom. The number of hydrogen-bond donors (Lipinski definition) is 4. The first-order chi connectivity index (χ1) is 30.9. The summed E-state index contributed by atoms with van der Waals surface area (Å²) < 4.78 is 7.28. The SMILES string of the molecule is CCc1cc2c(cc1N1CCN(C(=O)CCCCc3cn(CCC[C@H](NC(=O)OC(C)(C)C)C(=O)N[C@@H]4CCN(C(C)=O)C4)c(N)n3)CC1)C(C)(C)c1[nH]c3cc(C#N)ccc3c1C2=O. The molecule has 4 heterocycles. The van der Waals surface area contributed by atoms with Gasteiger partial charge in [0.25, 0.3) is 0 Å². The molecule has 1 aliphatic carbocycles. The molecule has 65 heavy (non-hydrogen) atoms. The number of amides is 4. The highest BCUT2D eigenvalue weighted by Crippen LogP contribution is 2.46. The number of piperazine rings is 1. The lowest BCUT2D eigenvalue weighted by atomic mass is 9.70. The first kappa shape index (κ1) is 46.6. The Bertz CT molecular complexity index is 2520. The maximum atomic E-state index is 14.1. The van der Waals surface area contributed by atoms with Crippen LogP contribution in [0.5, 0.6) is 0 Å². The van der Waals surface area contributed by atoms with E-state index >= 15 is 0 Å². The van der Waals surface area contributed by atoms with Gasteiger partial charge >= 0.3 is 6.09 Å². The van der Waals surface area contributed by atoms with Gasteiger partial charge < -0.3 is 45.4 Å². The van der Waals surface area contributed by atoms with E-state index in [0.29, 0.717) is 101 Å². The molecule has 0 bridgehead atoms. The van der Waals surface area contributed by atoms with Crippen LogP contribution in [0.1, 0.15) is 131 Å². The molecule has 4 aromatic rings. The largest absolute Gasteiger partial charge is 0.444 e. The number of benzene rings is 2. The summed E-state index contributed by atoms with van der Waals surface area (Å²) >= 11 is 0. The quantitative estimate of drug-likeness (QED) is 0.113. The van der Waals surface area contributed by atoms with Crippen LogP contribution < -0.4 is 21.3 Å². The molecule has 7 rings (SSSR count). The van der Waals surface area contributed by atoms with Crippen molar-refractivity contribution in [2.75, 3.05) is 49.9 Å². The number of imidazole rings is 1. The molecule has 3 aliphatic rings. The molecule has 2 fully saturated rings. The van der Waals surface area contributed by atoms with Crippen LogP contribution in [0.2, 0.25) is 0 Å². The van der Waals surface area contributed by atoms with Crippen molar-refractivity contribution in [2.24, 2.45) is 0 Å². The number of aryl methyl sites for hydroxylation is 3. The molecule has 0 unspecified atom stereocenters. The molecule has 16 heteroatoms. The highest BCUT2D eigenvalue weighted by molar-refractivity contribution is 6.20. The number of fused-ring (bicyclic) bond motifs is 4. The summed E-state index contributed by atoms with van der Waals surface area (Å²) in [7, 11) is 0. The number of nitrogens with two attached hydrogens (primary N) is 1. The summed E-state index contributed by atoms with van der Waals surface area (Å²) in [6, 6.07) is 10.9. The van der Waals surface area contributed by atoms with Gasteiger partial charge in [-0.2, -0.15) is 5.26 Å². The molecule has 5 N–H and O–H groups in total. The van der Waals surface area contributed by atoms with E-state index in [1.54, 1.807) is 31.7 Å². The van der Waals surface area contributed by atoms with Gasteiger partial charge in [-0.25, -0.2) is 9.78 Å². The van der Waals surface area contributed by atoms with Crippen molar-refractivity contribution >= 4 is 52.1 Å². The summed E-state index contributed by atoms with van der Waals surface area (Å²) in [4.78, 5) is 79.4. The number of carbonyl (C=O) groups excluding carboxylic acids is 5. The Hall–Kier alpha value is -6.37. The van der Waals surface area contributed by atoms with E-state index in [2.05, 4.69) is 64.5 Å². The van der Waals surface area contributed by atoms with Gasteiger partial charge in [0.1, 0.15) is 11.6 Å². The molecular formula is C49H64N10O6. The number of ether oxygens (including phenoxy) is 1. The second-order valence-electron chi connectivity index (χ2n) is 19.2. The van der Waals surface area contributed by atoms with Crippen molar-refractivity contribution in [3.05, 3.63) is 75.7 Å². The number of anilines is 2. The Morgan fingerprint density at radius 2 is 1.80 bits per heavy atom. The van der Waals surface area contributed by atoms with Crippen molar-refractivity contribution in [2.45, 2.75) is 129 Å². The molecule has 0 radical (unpaired) electrons. The van der Waals surface area contributed by atoms with Gasteiger partial charge in [-0.15, -0.1) is 0 Å². The topological polar surface area (TPSA) is 212 Å². The highest BCUT2D eigenvalue weighted by Gasteiger charge is 2.41. The Labute approximate surface area is 381 Å². The highest BCUT2D eigenvalue weighted by atomic mass is 16.6. The smallest absolute Gasteiger partial charge is 0.408 e. The zero-order valence-corrected chi connectivity index (χ0v) is 38.9. The molecule has 2 aliphatic heterocycles. The number of aromatic amines is 1. The van der Waals surface area contributed by atoms with Gasteiger partial charge in [0.05, 0.1) is 22.9 Å². The molecule has 2 aromatic carbocycles. The Morgan fingerprint density at radius 1 is 1.05 bits per heavy atom. The summed E-state index contributed by atoms with van der Waals surface area (Å²) in [6.07, 6.45) is 6.10. The average Bonchev–Trinajstić information content (AvgIpc) is 4.00. The van der Waals surface area contributed by atoms with Crippen LogP contribution in [0.15, 0.2) is 36.5 Å². The van der Waals surface area contributed by atoms with E-state index in [-0.39, 0.29) is 29.5 Å². The molecule has 2 saturated heterocycles. The molecule has 2 aromatic heterocycles. The van der Waals surface area contributed by atoms with Crippen LogP contribution in [-0.2, 0) is 43.9 Å². The van der Waals surface area contributed by atoms with Crippen LogP contribution in [0.4, 0.5) is 16.4 Å². The second-order valence-corrected chi connectivity index (χ2v) is 19.2. The van der Waals surface area contributed by atoms with E-state index in [9.17, 15) is 29.2 Å².